The van der Waals surface area contributed by atoms with E-state index in [0.717, 1.165) is 0 Å². The van der Waals surface area contributed by atoms with Crippen LogP contribution in [0.5, 0.6) is 0 Å². The number of hydrogen-bond acceptors (Lipinski definition) is 4. The molecule has 1 saturated heterocycles. The number of nitrogens with one attached hydrogen (secondary N) is 2. The molecule has 0 bridgehead atoms. The van der Waals surface area contributed by atoms with Crippen LogP contribution in [-0.4, -0.2) is 29.6 Å². The van der Waals surface area contributed by atoms with Crippen LogP contribution in [0.1, 0.15) is 27.2 Å². The first-order chi connectivity index (χ1) is 6.78. The minimum Gasteiger partial charge on any atom is -0.458 e. The Hall–Kier alpha value is -1.59. The predicted molar refractivity (Wildman–Crippen MR) is 50.9 cm³/mol. The van der Waals surface area contributed by atoms with E-state index in [-0.39, 0.29) is 6.42 Å². The van der Waals surface area contributed by atoms with Gasteiger partial charge in [0.05, 0.1) is 6.42 Å². The molecule has 0 aromatic rings. The van der Waals surface area contributed by atoms with Gasteiger partial charge < -0.3 is 10.1 Å². The van der Waals surface area contributed by atoms with Crippen LogP contribution in [0.15, 0.2) is 0 Å². The van der Waals surface area contributed by atoms with Gasteiger partial charge in [-0.05, 0) is 20.8 Å². The number of imide groups is 1. The Kier molecular flexibility index (Phi) is 2.97. The third kappa shape index (κ3) is 3.57. The van der Waals surface area contributed by atoms with Crippen LogP contribution in [-0.2, 0) is 14.3 Å². The van der Waals surface area contributed by atoms with Gasteiger partial charge in [0.25, 0.3) is 0 Å². The van der Waals surface area contributed by atoms with E-state index in [1.54, 1.807) is 20.8 Å². The summed E-state index contributed by atoms with van der Waals surface area (Å²) < 4.78 is 5.04. The molecule has 1 aliphatic heterocycles. The van der Waals surface area contributed by atoms with Gasteiger partial charge in [-0.2, -0.15) is 0 Å². The number of carbonyl (C=O) groups excluding carboxylic acids is 3. The molecule has 1 fully saturated rings. The third-order valence-corrected chi connectivity index (χ3v) is 1.64. The van der Waals surface area contributed by atoms with Crippen molar-refractivity contribution in [3.63, 3.8) is 0 Å². The molecule has 0 saturated carbocycles. The van der Waals surface area contributed by atoms with Crippen molar-refractivity contribution in [2.45, 2.75) is 38.8 Å². The van der Waals surface area contributed by atoms with Crippen molar-refractivity contribution in [3.8, 4) is 0 Å². The predicted octanol–water partition coefficient (Wildman–Crippen LogP) is -0.0738. The molecule has 0 radical (unpaired) electrons. The van der Waals surface area contributed by atoms with Crippen LogP contribution < -0.4 is 10.6 Å². The summed E-state index contributed by atoms with van der Waals surface area (Å²) in [5, 5.41) is 4.35. The summed E-state index contributed by atoms with van der Waals surface area (Å²) in [6, 6.07) is -1.55. The third-order valence-electron chi connectivity index (χ3n) is 1.64. The SMILES string of the molecule is CC(C)(C)OC(=O)[C@@H]1CC(=O)NC(=O)N1. The van der Waals surface area contributed by atoms with Crippen molar-refractivity contribution in [1.82, 2.24) is 10.6 Å². The average molecular weight is 214 g/mol. The topological polar surface area (TPSA) is 84.5 Å². The zero-order valence-corrected chi connectivity index (χ0v) is 8.92. The fourth-order valence-corrected chi connectivity index (χ4v) is 1.12. The van der Waals surface area contributed by atoms with E-state index < -0.39 is 29.6 Å². The highest BCUT2D eigenvalue weighted by Gasteiger charge is 2.32. The minimum atomic E-state index is -0.884. The summed E-state index contributed by atoms with van der Waals surface area (Å²) in [7, 11) is 0. The van der Waals surface area contributed by atoms with E-state index in [4.69, 9.17) is 4.74 Å². The molecule has 1 aliphatic rings. The van der Waals surface area contributed by atoms with E-state index in [0.29, 0.717) is 0 Å². The highest BCUT2D eigenvalue weighted by atomic mass is 16.6. The van der Waals surface area contributed by atoms with Gasteiger partial charge in [0, 0.05) is 0 Å². The fourth-order valence-electron chi connectivity index (χ4n) is 1.12. The lowest BCUT2D eigenvalue weighted by Crippen LogP contribution is -2.56. The summed E-state index contributed by atoms with van der Waals surface area (Å²) in [6.45, 7) is 5.15. The number of urea groups is 1. The summed E-state index contributed by atoms with van der Waals surface area (Å²) >= 11 is 0. The van der Waals surface area contributed by atoms with E-state index in [1.807, 2.05) is 5.32 Å². The second-order valence-corrected chi connectivity index (χ2v) is 4.31. The Bertz CT molecular complexity index is 290. The monoisotopic (exact) mass is 214 g/mol. The van der Waals surface area contributed by atoms with Crippen molar-refractivity contribution in [2.75, 3.05) is 0 Å². The zero-order valence-electron chi connectivity index (χ0n) is 8.92. The lowest BCUT2D eigenvalue weighted by molar-refractivity contribution is -0.158. The molecule has 84 valence electrons. The second kappa shape index (κ2) is 3.88. The van der Waals surface area contributed by atoms with Crippen LogP contribution >= 0.6 is 0 Å². The molecule has 0 aromatic heterocycles. The summed E-state index contributed by atoms with van der Waals surface area (Å²) in [5.41, 5.74) is -0.629. The zero-order chi connectivity index (χ0) is 11.6. The van der Waals surface area contributed by atoms with E-state index in [9.17, 15) is 14.4 Å². The van der Waals surface area contributed by atoms with Crippen molar-refractivity contribution in [2.24, 2.45) is 0 Å². The van der Waals surface area contributed by atoms with Gasteiger partial charge in [0.1, 0.15) is 11.6 Å². The maximum atomic E-state index is 11.5. The van der Waals surface area contributed by atoms with Crippen molar-refractivity contribution in [1.29, 1.82) is 0 Å². The first-order valence-corrected chi connectivity index (χ1v) is 4.61. The van der Waals surface area contributed by atoms with Crippen molar-refractivity contribution in [3.05, 3.63) is 0 Å². The van der Waals surface area contributed by atoms with Gasteiger partial charge in [-0.1, -0.05) is 0 Å². The van der Waals surface area contributed by atoms with Gasteiger partial charge >= 0.3 is 12.0 Å². The first kappa shape index (κ1) is 11.5. The van der Waals surface area contributed by atoms with E-state index in [2.05, 4.69) is 5.32 Å². The fraction of sp³-hybridized carbons (Fsp3) is 0.667. The van der Waals surface area contributed by atoms with Gasteiger partial charge in [0.15, 0.2) is 0 Å². The number of carbonyl (C=O) groups is 3. The largest absolute Gasteiger partial charge is 0.458 e. The van der Waals surface area contributed by atoms with Crippen molar-refractivity contribution < 1.29 is 19.1 Å². The molecule has 0 aliphatic carbocycles. The number of esters is 1. The Morgan fingerprint density at radius 3 is 2.47 bits per heavy atom. The van der Waals surface area contributed by atoms with Gasteiger partial charge in [0.2, 0.25) is 5.91 Å². The van der Waals surface area contributed by atoms with Crippen LogP contribution in [0.25, 0.3) is 0 Å². The maximum Gasteiger partial charge on any atom is 0.329 e. The Morgan fingerprint density at radius 1 is 1.40 bits per heavy atom. The summed E-state index contributed by atoms with van der Waals surface area (Å²) in [6.07, 6.45) is -0.0827. The molecular formula is C9H14N2O4. The Morgan fingerprint density at radius 2 is 2.00 bits per heavy atom. The molecule has 1 rings (SSSR count). The highest BCUT2D eigenvalue weighted by molar-refractivity contribution is 6.01. The first-order valence-electron chi connectivity index (χ1n) is 4.61. The Labute approximate surface area is 87.4 Å². The summed E-state index contributed by atoms with van der Waals surface area (Å²) in [4.78, 5) is 33.4. The Balaban J connectivity index is 2.60. The van der Waals surface area contributed by atoms with Gasteiger partial charge in [-0.15, -0.1) is 0 Å². The molecule has 1 atom stereocenters. The van der Waals surface area contributed by atoms with Crippen LogP contribution in [0.2, 0.25) is 0 Å². The smallest absolute Gasteiger partial charge is 0.329 e. The molecular weight excluding hydrogens is 200 g/mol. The molecule has 2 N–H and O–H groups in total. The number of hydrogen-bond donors (Lipinski definition) is 2. The quantitative estimate of drug-likeness (QED) is 0.598. The molecule has 6 heteroatoms. The number of amides is 3. The van der Waals surface area contributed by atoms with Crippen LogP contribution in [0.4, 0.5) is 4.79 Å². The van der Waals surface area contributed by atoms with Crippen LogP contribution in [0, 0.1) is 0 Å². The van der Waals surface area contributed by atoms with Gasteiger partial charge in [-0.3, -0.25) is 10.1 Å². The maximum absolute atomic E-state index is 11.5. The molecule has 0 spiro atoms. The summed E-state index contributed by atoms with van der Waals surface area (Å²) in [5.74, 6) is -1.07. The van der Waals surface area contributed by atoms with Crippen LogP contribution in [0.3, 0.4) is 0 Å². The minimum absolute atomic E-state index is 0.0827. The molecule has 3 amide bonds. The lowest BCUT2D eigenvalue weighted by atomic mass is 10.1. The standard InChI is InChI=1S/C9H14N2O4/c1-9(2,3)15-7(13)5-4-6(12)11-8(14)10-5/h5H,4H2,1-3H3,(H2,10,11,12,14)/t5-/m0/s1. The number of rotatable bonds is 1. The van der Waals surface area contributed by atoms with Crippen molar-refractivity contribution >= 4 is 17.9 Å². The van der Waals surface area contributed by atoms with E-state index >= 15 is 0 Å². The molecule has 0 aromatic carbocycles. The molecule has 6 nitrogen and oxygen atoms in total. The van der Waals surface area contributed by atoms with Gasteiger partial charge in [-0.25, -0.2) is 9.59 Å². The average Bonchev–Trinajstić information content (AvgIpc) is 1.98. The number of ether oxygens (including phenoxy) is 1. The highest BCUT2D eigenvalue weighted by Crippen LogP contribution is 2.10. The molecule has 15 heavy (non-hydrogen) atoms. The normalized spacial score (nSPS) is 21.7. The van der Waals surface area contributed by atoms with E-state index in [1.165, 1.54) is 0 Å². The molecule has 0 unspecified atom stereocenters. The second-order valence-electron chi connectivity index (χ2n) is 4.31. The molecule has 1 heterocycles. The lowest BCUT2D eigenvalue weighted by Gasteiger charge is -2.26.